The summed E-state index contributed by atoms with van der Waals surface area (Å²) in [6.45, 7) is 1.58. The van der Waals surface area contributed by atoms with Gasteiger partial charge >= 0.3 is 5.97 Å². The third-order valence-electron chi connectivity index (χ3n) is 3.85. The Kier molecular flexibility index (Phi) is 6.57. The fourth-order valence-corrected chi connectivity index (χ4v) is 3.88. The van der Waals surface area contributed by atoms with Gasteiger partial charge in [-0.3, -0.25) is 4.79 Å². The Morgan fingerprint density at radius 2 is 1.78 bits per heavy atom. The van der Waals surface area contributed by atoms with Crippen molar-refractivity contribution < 1.29 is 14.3 Å². The van der Waals surface area contributed by atoms with Gasteiger partial charge in [0.2, 0.25) is 0 Å². The summed E-state index contributed by atoms with van der Waals surface area (Å²) in [5.41, 5.74) is 1.45. The summed E-state index contributed by atoms with van der Waals surface area (Å²) in [4.78, 5) is 26.5. The predicted octanol–water partition coefficient (Wildman–Crippen LogP) is 4.77. The summed E-state index contributed by atoms with van der Waals surface area (Å²) in [5.74, 6) is -0.838. The molecule has 138 valence electrons. The lowest BCUT2D eigenvalue weighted by Gasteiger charge is -2.14. The molecule has 2 heterocycles. The molecule has 0 bridgehead atoms. The second kappa shape index (κ2) is 9.30. The Morgan fingerprint density at radius 3 is 2.44 bits per heavy atom. The lowest BCUT2D eigenvalue weighted by atomic mass is 10.1. The molecule has 1 atom stereocenters. The minimum Gasteiger partial charge on any atom is -0.452 e. The number of benzene rings is 1. The van der Waals surface area contributed by atoms with Crippen molar-refractivity contribution in [2.75, 3.05) is 6.61 Å². The molecule has 0 radical (unpaired) electrons. The van der Waals surface area contributed by atoms with E-state index in [0.29, 0.717) is 5.57 Å². The van der Waals surface area contributed by atoms with Crippen LogP contribution in [0.15, 0.2) is 65.4 Å². The number of hydrogen-bond acceptors (Lipinski definition) is 5. The first-order valence-corrected chi connectivity index (χ1v) is 10.2. The Labute approximate surface area is 166 Å². The van der Waals surface area contributed by atoms with Crippen molar-refractivity contribution >= 4 is 46.2 Å². The number of hydrogen-bond donors (Lipinski definition) is 1. The molecule has 1 aromatic carbocycles. The van der Waals surface area contributed by atoms with Gasteiger partial charge in [-0.25, -0.2) is 4.79 Å². The van der Waals surface area contributed by atoms with Gasteiger partial charge in [-0.1, -0.05) is 42.5 Å². The van der Waals surface area contributed by atoms with Gasteiger partial charge in [-0.2, -0.15) is 0 Å². The van der Waals surface area contributed by atoms with Crippen molar-refractivity contribution in [2.45, 2.75) is 13.0 Å². The monoisotopic (exact) mass is 397 g/mol. The van der Waals surface area contributed by atoms with Gasteiger partial charge in [0.15, 0.2) is 6.61 Å². The summed E-state index contributed by atoms with van der Waals surface area (Å²) in [6.07, 6.45) is 1.79. The zero-order valence-corrected chi connectivity index (χ0v) is 16.4. The number of rotatable bonds is 7. The van der Waals surface area contributed by atoms with Crippen LogP contribution < -0.4 is 5.32 Å². The highest BCUT2D eigenvalue weighted by Crippen LogP contribution is 2.25. The first-order chi connectivity index (χ1) is 13.1. The van der Waals surface area contributed by atoms with E-state index < -0.39 is 5.97 Å². The average molecular weight is 398 g/mol. The zero-order chi connectivity index (χ0) is 19.1. The SMILES string of the molecule is CC(NC(=O)COC(=O)C(=Cc1cccs1)c1cccs1)c1ccccc1. The maximum atomic E-state index is 12.6. The molecule has 0 fully saturated rings. The van der Waals surface area contributed by atoms with Gasteiger partial charge in [-0.15, -0.1) is 22.7 Å². The molecule has 3 rings (SSSR count). The number of carbonyl (C=O) groups excluding carboxylic acids is 2. The van der Waals surface area contributed by atoms with Crippen LogP contribution in [0, 0.1) is 0 Å². The Bertz CT molecular complexity index is 900. The van der Waals surface area contributed by atoms with Gasteiger partial charge in [-0.05, 0) is 41.5 Å². The Morgan fingerprint density at radius 1 is 1.04 bits per heavy atom. The van der Waals surface area contributed by atoms with Gasteiger partial charge < -0.3 is 10.1 Å². The topological polar surface area (TPSA) is 55.4 Å². The summed E-state index contributed by atoms with van der Waals surface area (Å²) < 4.78 is 5.27. The maximum absolute atomic E-state index is 12.6. The number of nitrogens with one attached hydrogen (secondary N) is 1. The van der Waals surface area contributed by atoms with Crippen molar-refractivity contribution in [3.63, 3.8) is 0 Å². The zero-order valence-electron chi connectivity index (χ0n) is 14.8. The molecule has 1 N–H and O–H groups in total. The van der Waals surface area contributed by atoms with E-state index in [4.69, 9.17) is 4.74 Å². The van der Waals surface area contributed by atoms with E-state index in [1.54, 1.807) is 6.08 Å². The van der Waals surface area contributed by atoms with Crippen molar-refractivity contribution in [3.05, 3.63) is 80.7 Å². The van der Waals surface area contributed by atoms with E-state index in [1.165, 1.54) is 22.7 Å². The van der Waals surface area contributed by atoms with Gasteiger partial charge in [0.05, 0.1) is 11.6 Å². The molecule has 3 aromatic rings. The van der Waals surface area contributed by atoms with Gasteiger partial charge in [0.1, 0.15) is 0 Å². The minimum absolute atomic E-state index is 0.157. The second-order valence-corrected chi connectivity index (χ2v) is 7.75. The molecule has 2 aromatic heterocycles. The van der Waals surface area contributed by atoms with E-state index in [2.05, 4.69) is 5.32 Å². The molecule has 0 saturated carbocycles. The van der Waals surface area contributed by atoms with Crippen molar-refractivity contribution in [1.29, 1.82) is 0 Å². The van der Waals surface area contributed by atoms with Gasteiger partial charge in [0.25, 0.3) is 5.91 Å². The molecule has 0 aliphatic carbocycles. The molecule has 27 heavy (non-hydrogen) atoms. The van der Waals surface area contributed by atoms with Crippen molar-refractivity contribution in [3.8, 4) is 0 Å². The fraction of sp³-hybridized carbons (Fsp3) is 0.143. The molecular formula is C21H19NO3S2. The van der Waals surface area contributed by atoms with E-state index in [1.807, 2.05) is 72.3 Å². The van der Waals surface area contributed by atoms with Crippen molar-refractivity contribution in [2.24, 2.45) is 0 Å². The third kappa shape index (κ3) is 5.39. The second-order valence-electron chi connectivity index (χ2n) is 5.83. The lowest BCUT2D eigenvalue weighted by molar-refractivity contribution is -0.143. The van der Waals surface area contributed by atoms with Gasteiger partial charge in [0, 0.05) is 9.75 Å². The molecule has 4 nitrogen and oxygen atoms in total. The summed E-state index contributed by atoms with van der Waals surface area (Å²) in [5, 5.41) is 6.69. The minimum atomic E-state index is -0.506. The standard InChI is InChI=1S/C21H19NO3S2/c1-15(16-7-3-2-4-8-16)22-20(23)14-25-21(24)18(19-10-6-12-27-19)13-17-9-5-11-26-17/h2-13,15H,14H2,1H3,(H,22,23). The first-order valence-electron chi connectivity index (χ1n) is 8.44. The largest absolute Gasteiger partial charge is 0.452 e. The Hall–Kier alpha value is -2.70. The van der Waals surface area contributed by atoms with Crippen LogP contribution in [0.2, 0.25) is 0 Å². The van der Waals surface area contributed by atoms with Crippen LogP contribution in [0.25, 0.3) is 11.6 Å². The van der Waals surface area contributed by atoms with Crippen LogP contribution in [-0.2, 0) is 14.3 Å². The molecule has 1 amide bonds. The number of thiophene rings is 2. The molecule has 0 spiro atoms. The number of ether oxygens (including phenoxy) is 1. The van der Waals surface area contributed by atoms with Crippen LogP contribution in [0.3, 0.4) is 0 Å². The van der Waals surface area contributed by atoms with Crippen molar-refractivity contribution in [1.82, 2.24) is 5.32 Å². The fourth-order valence-electron chi connectivity index (χ4n) is 2.50. The highest BCUT2D eigenvalue weighted by Gasteiger charge is 2.17. The highest BCUT2D eigenvalue weighted by molar-refractivity contribution is 7.12. The van der Waals surface area contributed by atoms with E-state index >= 15 is 0 Å². The third-order valence-corrected chi connectivity index (χ3v) is 5.57. The van der Waals surface area contributed by atoms with Crippen LogP contribution in [0.5, 0.6) is 0 Å². The smallest absolute Gasteiger partial charge is 0.340 e. The first kappa shape index (κ1) is 19.1. The van der Waals surface area contributed by atoms with Crippen LogP contribution in [-0.4, -0.2) is 18.5 Å². The van der Waals surface area contributed by atoms with Crippen LogP contribution in [0.4, 0.5) is 0 Å². The summed E-state index contributed by atoms with van der Waals surface area (Å²) >= 11 is 3.00. The maximum Gasteiger partial charge on any atom is 0.340 e. The molecular weight excluding hydrogens is 378 g/mol. The van der Waals surface area contributed by atoms with E-state index in [-0.39, 0.29) is 18.6 Å². The normalized spacial score (nSPS) is 12.4. The number of amides is 1. The average Bonchev–Trinajstić information content (AvgIpc) is 3.38. The molecule has 6 heteroatoms. The quantitative estimate of drug-likeness (QED) is 0.461. The summed E-state index contributed by atoms with van der Waals surface area (Å²) in [7, 11) is 0. The highest BCUT2D eigenvalue weighted by atomic mass is 32.1. The molecule has 0 aliphatic rings. The number of carbonyl (C=O) groups is 2. The van der Waals surface area contributed by atoms with Crippen LogP contribution in [0.1, 0.15) is 28.3 Å². The van der Waals surface area contributed by atoms with E-state index in [9.17, 15) is 9.59 Å². The van der Waals surface area contributed by atoms with E-state index in [0.717, 1.165) is 15.3 Å². The lowest BCUT2D eigenvalue weighted by Crippen LogP contribution is -2.31. The molecule has 1 unspecified atom stereocenters. The number of esters is 1. The molecule has 0 aliphatic heterocycles. The summed E-state index contributed by atoms with van der Waals surface area (Å²) in [6, 6.07) is 17.1. The molecule has 0 saturated heterocycles. The Balaban J connectivity index is 1.62. The van der Waals surface area contributed by atoms with Crippen LogP contribution >= 0.6 is 22.7 Å². The predicted molar refractivity (Wildman–Crippen MR) is 110 cm³/mol.